The van der Waals surface area contributed by atoms with E-state index in [0.29, 0.717) is 13.0 Å². The largest absolute Gasteiger partial charge is 0.469 e. The fourth-order valence-electron chi connectivity index (χ4n) is 2.18. The lowest BCUT2D eigenvalue weighted by Crippen LogP contribution is -2.28. The average molecular weight is 269 g/mol. The Morgan fingerprint density at radius 1 is 1.30 bits per heavy atom. The summed E-state index contributed by atoms with van der Waals surface area (Å²) in [4.78, 5) is 13.9. The number of carbonyl (C=O) groups is 1. The lowest BCUT2D eigenvalue weighted by atomic mass is 9.93. The molecule has 0 aliphatic carbocycles. The van der Waals surface area contributed by atoms with Crippen LogP contribution in [-0.2, 0) is 4.79 Å². The zero-order chi connectivity index (χ0) is 14.4. The predicted octanol–water partition coefficient (Wildman–Crippen LogP) is 3.45. The monoisotopic (exact) mass is 269 g/mol. The van der Waals surface area contributed by atoms with E-state index in [0.717, 1.165) is 11.3 Å². The second-order valence-corrected chi connectivity index (χ2v) is 4.75. The van der Waals surface area contributed by atoms with E-state index in [1.54, 1.807) is 24.3 Å². The number of hydrogen-bond acceptors (Lipinski definition) is 2. The lowest BCUT2D eigenvalue weighted by Gasteiger charge is -2.19. The van der Waals surface area contributed by atoms with Crippen molar-refractivity contribution in [2.45, 2.75) is 12.3 Å². The maximum Gasteiger partial charge on any atom is 0.223 e. The van der Waals surface area contributed by atoms with Crippen LogP contribution in [0.15, 0.2) is 65.8 Å². The molecule has 0 aliphatic rings. The minimum absolute atomic E-state index is 0.0500. The molecule has 1 amide bonds. The van der Waals surface area contributed by atoms with Crippen LogP contribution in [0.25, 0.3) is 0 Å². The van der Waals surface area contributed by atoms with E-state index >= 15 is 0 Å². The molecule has 1 heterocycles. The van der Waals surface area contributed by atoms with Gasteiger partial charge in [0.05, 0.1) is 12.2 Å². The fourth-order valence-corrected chi connectivity index (χ4v) is 2.18. The second kappa shape index (κ2) is 6.75. The molecule has 0 radical (unpaired) electrons. The third kappa shape index (κ3) is 3.38. The Morgan fingerprint density at radius 3 is 2.65 bits per heavy atom. The van der Waals surface area contributed by atoms with Crippen LogP contribution < -0.4 is 0 Å². The summed E-state index contributed by atoms with van der Waals surface area (Å²) in [6, 6.07) is 13.7. The van der Waals surface area contributed by atoms with Crippen LogP contribution in [0.5, 0.6) is 0 Å². The van der Waals surface area contributed by atoms with Gasteiger partial charge in [-0.25, -0.2) is 0 Å². The standard InChI is InChI=1S/C17H19NO2/c1-3-11-18(2)17(19)13-15(16-10-7-12-20-16)14-8-5-4-6-9-14/h3-10,12,15H,1,11,13H2,2H3. The number of benzene rings is 1. The Labute approximate surface area is 119 Å². The normalized spacial score (nSPS) is 11.8. The van der Waals surface area contributed by atoms with Crippen molar-refractivity contribution in [3.8, 4) is 0 Å². The molecule has 0 spiro atoms. The van der Waals surface area contributed by atoms with Crippen molar-refractivity contribution in [2.75, 3.05) is 13.6 Å². The zero-order valence-electron chi connectivity index (χ0n) is 11.7. The maximum atomic E-state index is 12.2. The lowest BCUT2D eigenvalue weighted by molar-refractivity contribution is -0.129. The Morgan fingerprint density at radius 2 is 2.05 bits per heavy atom. The number of hydrogen-bond donors (Lipinski definition) is 0. The van der Waals surface area contributed by atoms with E-state index in [2.05, 4.69) is 6.58 Å². The number of rotatable bonds is 6. The first-order valence-electron chi connectivity index (χ1n) is 6.65. The molecule has 0 N–H and O–H groups in total. The van der Waals surface area contributed by atoms with Crippen molar-refractivity contribution in [1.82, 2.24) is 4.90 Å². The molecule has 1 aromatic heterocycles. The van der Waals surface area contributed by atoms with Crippen LogP contribution in [0.3, 0.4) is 0 Å². The summed E-state index contributed by atoms with van der Waals surface area (Å²) in [5.41, 5.74) is 1.09. The first-order chi connectivity index (χ1) is 9.72. The molecule has 104 valence electrons. The van der Waals surface area contributed by atoms with Gasteiger partial charge in [-0.3, -0.25) is 4.79 Å². The highest BCUT2D eigenvalue weighted by molar-refractivity contribution is 5.77. The van der Waals surface area contributed by atoms with Crippen LogP contribution in [0.4, 0.5) is 0 Å². The summed E-state index contributed by atoms with van der Waals surface area (Å²) >= 11 is 0. The molecule has 0 aliphatic heterocycles. The molecule has 0 fully saturated rings. The first-order valence-corrected chi connectivity index (χ1v) is 6.65. The van der Waals surface area contributed by atoms with E-state index in [1.807, 2.05) is 42.5 Å². The molecule has 0 saturated heterocycles. The molecule has 1 atom stereocenters. The van der Waals surface area contributed by atoms with Crippen LogP contribution in [0.1, 0.15) is 23.7 Å². The van der Waals surface area contributed by atoms with Gasteiger partial charge in [0.15, 0.2) is 0 Å². The van der Waals surface area contributed by atoms with Crippen molar-refractivity contribution >= 4 is 5.91 Å². The Balaban J connectivity index is 2.20. The van der Waals surface area contributed by atoms with Gasteiger partial charge in [-0.1, -0.05) is 36.4 Å². The number of amides is 1. The van der Waals surface area contributed by atoms with Gasteiger partial charge in [-0.15, -0.1) is 6.58 Å². The first kappa shape index (κ1) is 14.1. The van der Waals surface area contributed by atoms with Crippen LogP contribution >= 0.6 is 0 Å². The Kier molecular flexibility index (Phi) is 4.77. The van der Waals surface area contributed by atoms with Crippen LogP contribution in [-0.4, -0.2) is 24.4 Å². The number of furan rings is 1. The molecule has 0 bridgehead atoms. The van der Waals surface area contributed by atoms with Gasteiger partial charge >= 0.3 is 0 Å². The summed E-state index contributed by atoms with van der Waals surface area (Å²) in [6.45, 7) is 4.21. The van der Waals surface area contributed by atoms with Crippen molar-refractivity contribution in [3.05, 3.63) is 72.7 Å². The highest BCUT2D eigenvalue weighted by Gasteiger charge is 2.22. The Bertz CT molecular complexity index is 546. The van der Waals surface area contributed by atoms with E-state index < -0.39 is 0 Å². The second-order valence-electron chi connectivity index (χ2n) is 4.75. The summed E-state index contributed by atoms with van der Waals surface area (Å²) < 4.78 is 5.50. The van der Waals surface area contributed by atoms with Gasteiger partial charge in [0.2, 0.25) is 5.91 Å². The Hall–Kier alpha value is -2.29. The van der Waals surface area contributed by atoms with Crippen molar-refractivity contribution in [1.29, 1.82) is 0 Å². The molecule has 0 saturated carbocycles. The third-order valence-corrected chi connectivity index (χ3v) is 3.30. The quantitative estimate of drug-likeness (QED) is 0.753. The zero-order valence-corrected chi connectivity index (χ0v) is 11.7. The minimum atomic E-state index is -0.0500. The smallest absolute Gasteiger partial charge is 0.223 e. The molecule has 3 nitrogen and oxygen atoms in total. The van der Waals surface area contributed by atoms with Gasteiger partial charge in [0, 0.05) is 20.0 Å². The fraction of sp³-hybridized carbons (Fsp3) is 0.235. The van der Waals surface area contributed by atoms with Crippen LogP contribution in [0.2, 0.25) is 0 Å². The molecule has 2 aromatic rings. The van der Waals surface area contributed by atoms with Gasteiger partial charge in [0.25, 0.3) is 0 Å². The van der Waals surface area contributed by atoms with Gasteiger partial charge in [0.1, 0.15) is 5.76 Å². The summed E-state index contributed by atoms with van der Waals surface area (Å²) in [7, 11) is 1.79. The third-order valence-electron chi connectivity index (χ3n) is 3.30. The summed E-state index contributed by atoms with van der Waals surface area (Å²) in [5.74, 6) is 0.845. The highest BCUT2D eigenvalue weighted by Crippen LogP contribution is 2.28. The number of likely N-dealkylation sites (N-methyl/N-ethyl adjacent to an activating group) is 1. The van der Waals surface area contributed by atoms with E-state index in [1.165, 1.54) is 0 Å². The molecular formula is C17H19NO2. The van der Waals surface area contributed by atoms with Gasteiger partial charge < -0.3 is 9.32 Å². The summed E-state index contributed by atoms with van der Waals surface area (Å²) in [6.07, 6.45) is 3.76. The summed E-state index contributed by atoms with van der Waals surface area (Å²) in [5, 5.41) is 0. The number of nitrogens with zero attached hydrogens (tertiary/aromatic N) is 1. The van der Waals surface area contributed by atoms with E-state index in [9.17, 15) is 4.79 Å². The topological polar surface area (TPSA) is 33.5 Å². The van der Waals surface area contributed by atoms with E-state index in [-0.39, 0.29) is 11.8 Å². The molecule has 1 unspecified atom stereocenters. The van der Waals surface area contributed by atoms with Crippen molar-refractivity contribution in [3.63, 3.8) is 0 Å². The van der Waals surface area contributed by atoms with E-state index in [4.69, 9.17) is 4.42 Å². The molecule has 20 heavy (non-hydrogen) atoms. The SMILES string of the molecule is C=CCN(C)C(=O)CC(c1ccccc1)c1ccco1. The molecule has 1 aromatic carbocycles. The molecule has 2 rings (SSSR count). The van der Waals surface area contributed by atoms with Crippen LogP contribution in [0, 0.1) is 0 Å². The van der Waals surface area contributed by atoms with Gasteiger partial charge in [-0.05, 0) is 17.7 Å². The number of carbonyl (C=O) groups excluding carboxylic acids is 1. The maximum absolute atomic E-state index is 12.2. The highest BCUT2D eigenvalue weighted by atomic mass is 16.3. The molecule has 3 heteroatoms. The van der Waals surface area contributed by atoms with Gasteiger partial charge in [-0.2, -0.15) is 0 Å². The molecular weight excluding hydrogens is 250 g/mol. The van der Waals surface area contributed by atoms with Crippen molar-refractivity contribution < 1.29 is 9.21 Å². The minimum Gasteiger partial charge on any atom is -0.469 e. The average Bonchev–Trinajstić information content (AvgIpc) is 2.99. The predicted molar refractivity (Wildman–Crippen MR) is 79.4 cm³/mol. The van der Waals surface area contributed by atoms with Crippen molar-refractivity contribution in [2.24, 2.45) is 0 Å².